The normalized spacial score (nSPS) is 14.9. The first-order valence-corrected chi connectivity index (χ1v) is 17.1. The molecular weight excluding hydrogens is 704 g/mol. The first-order valence-electron chi connectivity index (χ1n) is 17.1. The van der Waals surface area contributed by atoms with E-state index < -0.39 is 53.5 Å². The van der Waals surface area contributed by atoms with Gasteiger partial charge in [-0.05, 0) is 52.7 Å². The quantitative estimate of drug-likeness (QED) is 0.159. The summed E-state index contributed by atoms with van der Waals surface area (Å²) in [6, 6.07) is 17.1. The van der Waals surface area contributed by atoms with Gasteiger partial charge in [-0.1, -0.05) is 60.7 Å². The van der Waals surface area contributed by atoms with Crippen molar-refractivity contribution in [3.05, 3.63) is 89.6 Å². The molecule has 2 aromatic carbocycles. The molecule has 16 nitrogen and oxygen atoms in total. The zero-order valence-electron chi connectivity index (χ0n) is 31.9. The summed E-state index contributed by atoms with van der Waals surface area (Å²) in [7, 11) is 2.53. The van der Waals surface area contributed by atoms with Gasteiger partial charge < -0.3 is 48.2 Å². The van der Waals surface area contributed by atoms with Crippen LogP contribution in [0.1, 0.15) is 75.1 Å². The van der Waals surface area contributed by atoms with E-state index in [1.54, 1.807) is 41.5 Å². The molecule has 3 unspecified atom stereocenters. The summed E-state index contributed by atoms with van der Waals surface area (Å²) in [4.78, 5) is 55.7. The highest BCUT2D eigenvalue weighted by atomic mass is 16.6. The Balaban J connectivity index is 0.000000290. The van der Waals surface area contributed by atoms with Crippen molar-refractivity contribution in [2.75, 3.05) is 34.0 Å². The lowest BCUT2D eigenvalue weighted by Crippen LogP contribution is -2.46. The number of amides is 2. The molecule has 2 N–H and O–H groups in total. The fraction of sp³-hybridized carbons (Fsp3) is 0.474. The van der Waals surface area contributed by atoms with Crippen LogP contribution in [0.2, 0.25) is 0 Å². The number of alkyl carbamates (subject to hydrolysis) is 2. The molecule has 16 heteroatoms. The van der Waals surface area contributed by atoms with Crippen molar-refractivity contribution in [1.82, 2.24) is 15.6 Å². The van der Waals surface area contributed by atoms with Crippen LogP contribution < -0.4 is 10.6 Å². The van der Waals surface area contributed by atoms with Crippen LogP contribution in [0.3, 0.4) is 0 Å². The number of hydrogen-bond donors (Lipinski definition) is 2. The Kier molecular flexibility index (Phi) is 16.4. The number of nitrogens with zero attached hydrogens (tertiary/aromatic N) is 2. The van der Waals surface area contributed by atoms with Crippen molar-refractivity contribution in [2.24, 2.45) is 4.99 Å². The summed E-state index contributed by atoms with van der Waals surface area (Å²) in [6.45, 7) is 11.5. The molecule has 3 atom stereocenters. The molecule has 0 saturated carbocycles. The fourth-order valence-electron chi connectivity index (χ4n) is 4.47. The summed E-state index contributed by atoms with van der Waals surface area (Å²) >= 11 is 0. The van der Waals surface area contributed by atoms with Crippen LogP contribution in [-0.4, -0.2) is 92.3 Å². The number of hydrogen-bond acceptors (Lipinski definition) is 14. The molecule has 2 amide bonds. The van der Waals surface area contributed by atoms with Crippen molar-refractivity contribution < 1.29 is 56.8 Å². The molecule has 294 valence electrons. The van der Waals surface area contributed by atoms with Gasteiger partial charge in [0.15, 0.2) is 11.7 Å². The number of aliphatic imine (C=N–C) groups is 1. The van der Waals surface area contributed by atoms with Gasteiger partial charge in [-0.15, -0.1) is 0 Å². The smallest absolute Gasteiger partial charge is 0.408 e. The van der Waals surface area contributed by atoms with E-state index in [2.05, 4.69) is 30.1 Å². The summed E-state index contributed by atoms with van der Waals surface area (Å²) < 4.78 is 42.0. The first-order chi connectivity index (χ1) is 25.6. The van der Waals surface area contributed by atoms with Crippen LogP contribution in [0.4, 0.5) is 9.59 Å². The van der Waals surface area contributed by atoms with Gasteiger partial charge in [0.25, 0.3) is 0 Å². The number of esters is 2. The first kappa shape index (κ1) is 42.9. The van der Waals surface area contributed by atoms with Crippen LogP contribution in [0.25, 0.3) is 0 Å². The molecule has 0 fully saturated rings. The Bertz CT molecular complexity index is 1670. The van der Waals surface area contributed by atoms with E-state index in [1.165, 1.54) is 20.5 Å². The Morgan fingerprint density at radius 3 is 1.74 bits per heavy atom. The van der Waals surface area contributed by atoms with Gasteiger partial charge in [0.05, 0.1) is 40.6 Å². The predicted octanol–water partition coefficient (Wildman–Crippen LogP) is 5.31. The highest BCUT2D eigenvalue weighted by molar-refractivity contribution is 5.90. The molecule has 0 bridgehead atoms. The minimum atomic E-state index is -0.748. The van der Waals surface area contributed by atoms with Crippen molar-refractivity contribution in [3.63, 3.8) is 0 Å². The molecule has 54 heavy (non-hydrogen) atoms. The third-order valence-electron chi connectivity index (χ3n) is 6.83. The van der Waals surface area contributed by atoms with Gasteiger partial charge in [-0.2, -0.15) is 0 Å². The van der Waals surface area contributed by atoms with E-state index in [0.29, 0.717) is 13.2 Å². The zero-order chi connectivity index (χ0) is 39.7. The lowest BCUT2D eigenvalue weighted by Gasteiger charge is -2.23. The van der Waals surface area contributed by atoms with Crippen molar-refractivity contribution in [2.45, 2.75) is 84.1 Å². The Hall–Kier alpha value is -5.48. The maximum atomic E-state index is 12.1. The number of carbonyl (C=O) groups excluding carboxylic acids is 4. The summed E-state index contributed by atoms with van der Waals surface area (Å²) in [5, 5.41) is 5.34. The Morgan fingerprint density at radius 1 is 0.759 bits per heavy atom. The second-order valence-corrected chi connectivity index (χ2v) is 13.8. The molecule has 1 aliphatic heterocycles. The lowest BCUT2D eigenvalue weighted by atomic mass is 10.2. The SMILES string of the molecule is COC(=O)C1COC(C(COCc2ccccc2)NC(=O)OC(C)(C)C)=N1.COC(=O)c1coc(C(COCc2ccccc2)NC(=O)OC(C)(C)C)n1. The van der Waals surface area contributed by atoms with Crippen LogP contribution in [-0.2, 0) is 51.2 Å². The second kappa shape index (κ2) is 20.7. The molecule has 0 radical (unpaired) electrons. The lowest BCUT2D eigenvalue weighted by molar-refractivity contribution is -0.142. The van der Waals surface area contributed by atoms with Gasteiger partial charge in [0, 0.05) is 0 Å². The molecule has 2 heterocycles. The van der Waals surface area contributed by atoms with Crippen molar-refractivity contribution >= 4 is 30.0 Å². The number of aromatic nitrogens is 1. The van der Waals surface area contributed by atoms with E-state index in [-0.39, 0.29) is 37.3 Å². The van der Waals surface area contributed by atoms with Crippen LogP contribution in [0, 0.1) is 0 Å². The maximum absolute atomic E-state index is 12.1. The minimum absolute atomic E-state index is 0.00606. The third-order valence-corrected chi connectivity index (χ3v) is 6.83. The van der Waals surface area contributed by atoms with Crippen LogP contribution in [0.15, 0.2) is 76.3 Å². The number of ether oxygens (including phenoxy) is 7. The number of nitrogens with one attached hydrogen (secondary N) is 2. The zero-order valence-corrected chi connectivity index (χ0v) is 31.9. The molecular formula is C38H50N4O12. The van der Waals surface area contributed by atoms with Crippen LogP contribution in [0.5, 0.6) is 0 Å². The Morgan fingerprint density at radius 2 is 1.26 bits per heavy atom. The standard InChI is InChI=1S/C19H26N2O6.C19H24N2O6/c2*1-19(2,3)27-18(23)21-14(11-25-10-13-8-6-5-7-9-13)16-20-15(12-26-16)17(22)24-4/h5-9,14-15H,10-12H2,1-4H3,(H,21,23);5-9,12,14H,10-11H2,1-4H3,(H,21,23). The number of rotatable bonds is 14. The van der Waals surface area contributed by atoms with E-state index in [9.17, 15) is 19.2 Å². The fourth-order valence-corrected chi connectivity index (χ4v) is 4.47. The average Bonchev–Trinajstić information content (AvgIpc) is 3.81. The molecule has 0 spiro atoms. The van der Waals surface area contributed by atoms with E-state index >= 15 is 0 Å². The topological polar surface area (TPSA) is 195 Å². The molecule has 0 saturated heterocycles. The summed E-state index contributed by atoms with van der Waals surface area (Å²) in [5.41, 5.74) is 0.678. The molecule has 3 aromatic rings. The van der Waals surface area contributed by atoms with Crippen LogP contribution >= 0.6 is 0 Å². The predicted molar refractivity (Wildman–Crippen MR) is 194 cm³/mol. The van der Waals surface area contributed by atoms with E-state index in [1.807, 2.05) is 60.7 Å². The van der Waals surface area contributed by atoms with Gasteiger partial charge in [-0.3, -0.25) is 0 Å². The van der Waals surface area contributed by atoms with E-state index in [4.69, 9.17) is 28.1 Å². The molecule has 1 aromatic heterocycles. The molecule has 0 aliphatic carbocycles. The number of oxazole rings is 1. The largest absolute Gasteiger partial charge is 0.476 e. The highest BCUT2D eigenvalue weighted by Crippen LogP contribution is 2.17. The number of carbonyl (C=O) groups is 4. The van der Waals surface area contributed by atoms with Gasteiger partial charge in [0.1, 0.15) is 36.2 Å². The maximum Gasteiger partial charge on any atom is 0.408 e. The highest BCUT2D eigenvalue weighted by Gasteiger charge is 2.33. The second-order valence-electron chi connectivity index (χ2n) is 13.8. The van der Waals surface area contributed by atoms with Gasteiger partial charge in [0.2, 0.25) is 11.8 Å². The van der Waals surface area contributed by atoms with Gasteiger partial charge >= 0.3 is 24.1 Å². The summed E-state index contributed by atoms with van der Waals surface area (Å²) in [5.74, 6) is -0.795. The summed E-state index contributed by atoms with van der Waals surface area (Å²) in [6.07, 6.45) is -0.0976. The Labute approximate surface area is 314 Å². The average molecular weight is 755 g/mol. The third kappa shape index (κ3) is 15.6. The number of benzene rings is 2. The van der Waals surface area contributed by atoms with Crippen molar-refractivity contribution in [1.29, 1.82) is 0 Å². The van der Waals surface area contributed by atoms with E-state index in [0.717, 1.165) is 11.1 Å². The number of methoxy groups -OCH3 is 2. The monoisotopic (exact) mass is 754 g/mol. The van der Waals surface area contributed by atoms with Gasteiger partial charge in [-0.25, -0.2) is 29.2 Å². The molecule has 1 aliphatic rings. The molecule has 4 rings (SSSR count). The minimum Gasteiger partial charge on any atom is -0.476 e. The van der Waals surface area contributed by atoms with Crippen molar-refractivity contribution in [3.8, 4) is 0 Å².